The second kappa shape index (κ2) is 10.8. The molecule has 8 heteroatoms. The molecule has 1 fully saturated rings. The molecule has 2 aromatic rings. The van der Waals surface area contributed by atoms with Gasteiger partial charge in [-0.2, -0.15) is 0 Å². The van der Waals surface area contributed by atoms with E-state index in [1.807, 2.05) is 6.07 Å². The third-order valence-corrected chi connectivity index (χ3v) is 5.66. The van der Waals surface area contributed by atoms with Gasteiger partial charge in [-0.05, 0) is 30.7 Å². The molecule has 0 aromatic heterocycles. The molecule has 0 bridgehead atoms. The lowest BCUT2D eigenvalue weighted by Crippen LogP contribution is -2.50. The maximum absolute atomic E-state index is 13.2. The molecule has 0 aliphatic carbocycles. The molecule has 0 spiro atoms. The Morgan fingerprint density at radius 1 is 0.848 bits per heavy atom. The quantitative estimate of drug-likeness (QED) is 0.571. The number of carbonyl (C=O) groups excluding carboxylic acids is 2. The van der Waals surface area contributed by atoms with Gasteiger partial charge in [0.05, 0.1) is 34.0 Å². The average molecular weight is 455 g/mol. The van der Waals surface area contributed by atoms with E-state index in [-0.39, 0.29) is 11.8 Å². The van der Waals surface area contributed by atoms with Crippen molar-refractivity contribution in [1.29, 1.82) is 0 Å². The minimum absolute atomic E-state index is 0.115. The van der Waals surface area contributed by atoms with E-state index in [0.717, 1.165) is 5.56 Å². The molecule has 33 heavy (non-hydrogen) atoms. The largest absolute Gasteiger partial charge is 0.497 e. The van der Waals surface area contributed by atoms with E-state index in [0.29, 0.717) is 66.7 Å². The van der Waals surface area contributed by atoms with E-state index in [2.05, 4.69) is 6.58 Å². The maximum Gasteiger partial charge on any atom is 0.257 e. The highest BCUT2D eigenvalue weighted by Gasteiger charge is 2.28. The van der Waals surface area contributed by atoms with Gasteiger partial charge in [0.2, 0.25) is 0 Å². The highest BCUT2D eigenvalue weighted by atomic mass is 16.5. The number of carbonyl (C=O) groups is 2. The molecule has 2 aromatic carbocycles. The summed E-state index contributed by atoms with van der Waals surface area (Å²) in [6, 6.07) is 8.61. The maximum atomic E-state index is 13.2. The van der Waals surface area contributed by atoms with Crippen LogP contribution in [0.3, 0.4) is 0 Å². The van der Waals surface area contributed by atoms with Crippen LogP contribution in [0.25, 0.3) is 0 Å². The van der Waals surface area contributed by atoms with Crippen molar-refractivity contribution in [2.45, 2.75) is 6.42 Å². The van der Waals surface area contributed by atoms with Crippen molar-refractivity contribution in [2.24, 2.45) is 0 Å². The fraction of sp³-hybridized carbons (Fsp3) is 0.360. The third-order valence-electron chi connectivity index (χ3n) is 5.66. The lowest BCUT2D eigenvalue weighted by molar-refractivity contribution is 0.0533. The molecule has 2 amide bonds. The van der Waals surface area contributed by atoms with E-state index >= 15 is 0 Å². The molecule has 3 rings (SSSR count). The molecule has 0 N–H and O–H groups in total. The Bertz CT molecular complexity index is 1030. The number of allylic oxidation sites excluding steroid dienone is 1. The minimum Gasteiger partial charge on any atom is -0.497 e. The van der Waals surface area contributed by atoms with Gasteiger partial charge in [-0.15, -0.1) is 6.58 Å². The molecule has 1 aliphatic rings. The Labute approximate surface area is 194 Å². The van der Waals surface area contributed by atoms with Gasteiger partial charge in [0, 0.05) is 43.4 Å². The van der Waals surface area contributed by atoms with Crippen LogP contribution in [-0.4, -0.2) is 76.2 Å². The van der Waals surface area contributed by atoms with Crippen LogP contribution < -0.4 is 18.9 Å². The van der Waals surface area contributed by atoms with Crippen molar-refractivity contribution < 1.29 is 28.5 Å². The van der Waals surface area contributed by atoms with Crippen LogP contribution in [0.2, 0.25) is 0 Å². The van der Waals surface area contributed by atoms with Crippen molar-refractivity contribution >= 4 is 11.8 Å². The number of ether oxygens (including phenoxy) is 4. The number of piperazine rings is 1. The third kappa shape index (κ3) is 5.05. The van der Waals surface area contributed by atoms with Crippen molar-refractivity contribution in [2.75, 3.05) is 54.6 Å². The molecule has 0 unspecified atom stereocenters. The number of methoxy groups -OCH3 is 4. The summed E-state index contributed by atoms with van der Waals surface area (Å²) < 4.78 is 21.5. The number of rotatable bonds is 8. The van der Waals surface area contributed by atoms with E-state index in [9.17, 15) is 9.59 Å². The molecule has 8 nitrogen and oxygen atoms in total. The number of hydrogen-bond donors (Lipinski definition) is 0. The lowest BCUT2D eigenvalue weighted by atomic mass is 10.0. The molecular weight excluding hydrogens is 424 g/mol. The summed E-state index contributed by atoms with van der Waals surface area (Å²) in [4.78, 5) is 29.7. The first-order chi connectivity index (χ1) is 16.0. The topological polar surface area (TPSA) is 77.5 Å². The molecule has 1 heterocycles. The van der Waals surface area contributed by atoms with Crippen LogP contribution in [0.15, 0.2) is 43.0 Å². The van der Waals surface area contributed by atoms with Crippen molar-refractivity contribution in [3.05, 3.63) is 59.7 Å². The van der Waals surface area contributed by atoms with Gasteiger partial charge >= 0.3 is 0 Å². The van der Waals surface area contributed by atoms with E-state index in [1.165, 1.54) is 7.11 Å². The predicted molar refractivity (Wildman–Crippen MR) is 125 cm³/mol. The number of benzene rings is 2. The van der Waals surface area contributed by atoms with E-state index < -0.39 is 0 Å². The van der Waals surface area contributed by atoms with Crippen molar-refractivity contribution in [3.8, 4) is 23.0 Å². The van der Waals surface area contributed by atoms with Crippen molar-refractivity contribution in [3.63, 3.8) is 0 Å². The van der Waals surface area contributed by atoms with Gasteiger partial charge in [0.25, 0.3) is 11.8 Å². The standard InChI is InChI=1S/C25H30N2O6/c1-6-7-17-14-18(15-22(32-4)23(17)33-5)24(28)26-10-12-27(13-11-26)25(29)20-9-8-19(30-2)16-21(20)31-3/h6,8-9,14-16H,1,7,10-13H2,2-5H3. The molecule has 0 atom stereocenters. The molecule has 0 saturated carbocycles. The molecular formula is C25H30N2O6. The van der Waals surface area contributed by atoms with Gasteiger partial charge in [-0.3, -0.25) is 9.59 Å². The summed E-state index contributed by atoms with van der Waals surface area (Å²) in [7, 11) is 6.19. The first-order valence-corrected chi connectivity index (χ1v) is 10.6. The SMILES string of the molecule is C=CCc1cc(C(=O)N2CCN(C(=O)c3ccc(OC)cc3OC)CC2)cc(OC)c1OC. The van der Waals surface area contributed by atoms with Crippen LogP contribution in [0.4, 0.5) is 0 Å². The molecule has 0 radical (unpaired) electrons. The molecule has 1 aliphatic heterocycles. The fourth-order valence-corrected chi connectivity index (χ4v) is 3.91. The highest BCUT2D eigenvalue weighted by Crippen LogP contribution is 2.34. The van der Waals surface area contributed by atoms with Gasteiger partial charge in [0.1, 0.15) is 11.5 Å². The van der Waals surface area contributed by atoms with E-state index in [1.54, 1.807) is 61.5 Å². The Kier molecular flexibility index (Phi) is 7.82. The predicted octanol–water partition coefficient (Wildman–Crippen LogP) is 3.05. The first-order valence-electron chi connectivity index (χ1n) is 10.6. The van der Waals surface area contributed by atoms with Gasteiger partial charge < -0.3 is 28.7 Å². The summed E-state index contributed by atoms with van der Waals surface area (Å²) in [6.45, 7) is 5.47. The zero-order chi connectivity index (χ0) is 24.0. The normalized spacial score (nSPS) is 13.3. The number of hydrogen-bond acceptors (Lipinski definition) is 6. The second-order valence-corrected chi connectivity index (χ2v) is 7.51. The van der Waals surface area contributed by atoms with Crippen molar-refractivity contribution in [1.82, 2.24) is 9.80 Å². The summed E-state index contributed by atoms with van der Waals surface area (Å²) in [6.07, 6.45) is 2.30. The number of nitrogens with zero attached hydrogens (tertiary/aromatic N) is 2. The van der Waals surface area contributed by atoms with Gasteiger partial charge in [0.15, 0.2) is 11.5 Å². The summed E-state index contributed by atoms with van der Waals surface area (Å²) in [5, 5.41) is 0. The summed E-state index contributed by atoms with van der Waals surface area (Å²) in [5.74, 6) is 1.91. The zero-order valence-electron chi connectivity index (χ0n) is 19.6. The molecule has 1 saturated heterocycles. The average Bonchev–Trinajstić information content (AvgIpc) is 2.87. The Morgan fingerprint density at radius 3 is 2.03 bits per heavy atom. The smallest absolute Gasteiger partial charge is 0.257 e. The highest BCUT2D eigenvalue weighted by molar-refractivity contribution is 5.98. The Balaban J connectivity index is 1.73. The second-order valence-electron chi connectivity index (χ2n) is 7.51. The Hall–Kier alpha value is -3.68. The Morgan fingerprint density at radius 2 is 1.48 bits per heavy atom. The first kappa shape index (κ1) is 24.0. The fourth-order valence-electron chi connectivity index (χ4n) is 3.91. The zero-order valence-corrected chi connectivity index (χ0v) is 19.6. The van der Waals surface area contributed by atoms with Gasteiger partial charge in [-0.25, -0.2) is 0 Å². The summed E-state index contributed by atoms with van der Waals surface area (Å²) in [5.41, 5.74) is 1.81. The van der Waals surface area contributed by atoms with Crippen LogP contribution in [0, 0.1) is 0 Å². The van der Waals surface area contributed by atoms with E-state index in [4.69, 9.17) is 18.9 Å². The van der Waals surface area contributed by atoms with Crippen LogP contribution in [0.1, 0.15) is 26.3 Å². The number of amides is 2. The monoisotopic (exact) mass is 454 g/mol. The van der Waals surface area contributed by atoms with Crippen LogP contribution >= 0.6 is 0 Å². The van der Waals surface area contributed by atoms with Gasteiger partial charge in [-0.1, -0.05) is 6.08 Å². The summed E-state index contributed by atoms with van der Waals surface area (Å²) >= 11 is 0. The van der Waals surface area contributed by atoms with Crippen LogP contribution in [0.5, 0.6) is 23.0 Å². The lowest BCUT2D eigenvalue weighted by Gasteiger charge is -2.35. The van der Waals surface area contributed by atoms with Crippen LogP contribution in [-0.2, 0) is 6.42 Å². The minimum atomic E-state index is -0.138. The molecule has 176 valence electrons.